The number of aryl methyl sites for hydroxylation is 1. The summed E-state index contributed by atoms with van der Waals surface area (Å²) in [5.74, 6) is 1.31. The van der Waals surface area contributed by atoms with E-state index < -0.39 is 10.0 Å². The lowest BCUT2D eigenvalue weighted by molar-refractivity contribution is 0.197. The van der Waals surface area contributed by atoms with Crippen LogP contribution in [-0.2, 0) is 16.6 Å². The maximum absolute atomic E-state index is 12.3. The minimum atomic E-state index is -3.14. The van der Waals surface area contributed by atoms with Gasteiger partial charge in [-0.2, -0.15) is 0 Å². The molecule has 2 unspecified atom stereocenters. The molecule has 0 spiro atoms. The summed E-state index contributed by atoms with van der Waals surface area (Å²) in [7, 11) is -3.14. The molecule has 1 aromatic rings. The third-order valence-electron chi connectivity index (χ3n) is 4.67. The van der Waals surface area contributed by atoms with E-state index >= 15 is 0 Å². The lowest BCUT2D eigenvalue weighted by Gasteiger charge is -2.38. The summed E-state index contributed by atoms with van der Waals surface area (Å²) in [6.07, 6.45) is 3.53. The fourth-order valence-electron chi connectivity index (χ4n) is 3.02. The predicted octanol–water partition coefficient (Wildman–Crippen LogP) is 2.52. The molecule has 0 radical (unpaired) electrons. The molecule has 0 aliphatic carbocycles. The van der Waals surface area contributed by atoms with Crippen LogP contribution in [-0.4, -0.2) is 37.1 Å². The molecule has 6 heteroatoms. The van der Waals surface area contributed by atoms with Crippen LogP contribution >= 0.6 is 0 Å². The number of nitrogens with zero attached hydrogens (tertiary/aromatic N) is 1. The van der Waals surface area contributed by atoms with E-state index in [1.165, 1.54) is 0 Å². The molecule has 1 fully saturated rings. The highest BCUT2D eigenvalue weighted by Crippen LogP contribution is 2.24. The molecule has 5 nitrogen and oxygen atoms in total. The van der Waals surface area contributed by atoms with Gasteiger partial charge in [-0.15, -0.1) is 0 Å². The molecule has 2 rings (SSSR count). The zero-order valence-electron chi connectivity index (χ0n) is 14.0. The van der Waals surface area contributed by atoms with Crippen molar-refractivity contribution < 1.29 is 12.8 Å². The monoisotopic (exact) mass is 328 g/mol. The van der Waals surface area contributed by atoms with Crippen LogP contribution < -0.4 is 5.32 Å². The average Bonchev–Trinajstić information content (AvgIpc) is 2.90. The summed E-state index contributed by atoms with van der Waals surface area (Å²) in [4.78, 5) is 0. The summed E-state index contributed by atoms with van der Waals surface area (Å²) < 4.78 is 31.8. The van der Waals surface area contributed by atoms with Crippen molar-refractivity contribution in [2.75, 3.05) is 13.1 Å². The van der Waals surface area contributed by atoms with Gasteiger partial charge in [0.15, 0.2) is 0 Å². The Morgan fingerprint density at radius 3 is 2.73 bits per heavy atom. The fraction of sp³-hybridized carbons (Fsp3) is 0.750. The number of sulfonamides is 1. The molecule has 1 aromatic heterocycles. The number of furan rings is 1. The van der Waals surface area contributed by atoms with Crippen LogP contribution in [0.4, 0.5) is 0 Å². The summed E-state index contributed by atoms with van der Waals surface area (Å²) in [6, 6.07) is 2.31. The topological polar surface area (TPSA) is 62.6 Å². The molecule has 0 saturated carbocycles. The first-order valence-corrected chi connectivity index (χ1v) is 9.61. The second-order valence-corrected chi connectivity index (χ2v) is 8.91. The van der Waals surface area contributed by atoms with Crippen molar-refractivity contribution in [2.45, 2.75) is 58.4 Å². The Kier molecular flexibility index (Phi) is 5.69. The van der Waals surface area contributed by atoms with Crippen LogP contribution in [0, 0.1) is 12.8 Å². The number of hydrogen-bond donors (Lipinski definition) is 1. The first kappa shape index (κ1) is 17.5. The van der Waals surface area contributed by atoms with Crippen molar-refractivity contribution in [3.05, 3.63) is 23.7 Å². The molecule has 2 heterocycles. The third kappa shape index (κ3) is 3.73. The van der Waals surface area contributed by atoms with E-state index in [2.05, 4.69) is 12.2 Å². The molecular formula is C16H28N2O3S. The van der Waals surface area contributed by atoms with E-state index in [0.29, 0.717) is 31.6 Å². The van der Waals surface area contributed by atoms with E-state index in [0.717, 1.165) is 24.2 Å². The predicted molar refractivity (Wildman–Crippen MR) is 88.1 cm³/mol. The van der Waals surface area contributed by atoms with Crippen LogP contribution in [0.2, 0.25) is 0 Å². The molecule has 1 aliphatic heterocycles. The van der Waals surface area contributed by atoms with Crippen LogP contribution in [0.15, 0.2) is 16.7 Å². The van der Waals surface area contributed by atoms with Crippen LogP contribution in [0.3, 0.4) is 0 Å². The summed E-state index contributed by atoms with van der Waals surface area (Å²) in [5.41, 5.74) is 1.15. The average molecular weight is 328 g/mol. The molecular weight excluding hydrogens is 300 g/mol. The van der Waals surface area contributed by atoms with Gasteiger partial charge >= 0.3 is 0 Å². The zero-order chi connectivity index (χ0) is 16.3. The van der Waals surface area contributed by atoms with E-state index in [4.69, 9.17) is 4.42 Å². The van der Waals surface area contributed by atoms with Gasteiger partial charge < -0.3 is 9.73 Å². The fourth-order valence-corrected chi connectivity index (χ4v) is 4.37. The molecule has 2 atom stereocenters. The van der Waals surface area contributed by atoms with Gasteiger partial charge in [-0.1, -0.05) is 13.3 Å². The highest BCUT2D eigenvalue weighted by Gasteiger charge is 2.35. The lowest BCUT2D eigenvalue weighted by Crippen LogP contribution is -2.51. The maximum atomic E-state index is 12.3. The largest absolute Gasteiger partial charge is 0.468 e. The molecule has 126 valence electrons. The standard InChI is InChI=1S/C16H28N2O3S/c1-5-14-11-18(22(19,20)12(2)3)8-6-15(14)17-10-16-13(4)7-9-21-16/h7,9,12,14-15,17H,5-6,8,10-11H2,1-4H3. The summed E-state index contributed by atoms with van der Waals surface area (Å²) in [5, 5.41) is 3.20. The Balaban J connectivity index is 1.97. The van der Waals surface area contributed by atoms with Gasteiger partial charge in [0, 0.05) is 19.1 Å². The van der Waals surface area contributed by atoms with Crippen LogP contribution in [0.25, 0.3) is 0 Å². The van der Waals surface area contributed by atoms with Crippen molar-refractivity contribution in [2.24, 2.45) is 5.92 Å². The first-order chi connectivity index (χ1) is 10.4. The molecule has 0 aromatic carbocycles. The quantitative estimate of drug-likeness (QED) is 0.871. The SMILES string of the molecule is CCC1CN(S(=O)(=O)C(C)C)CCC1NCc1occc1C. The normalized spacial score (nSPS) is 24.0. The lowest BCUT2D eigenvalue weighted by atomic mass is 9.91. The second kappa shape index (κ2) is 7.15. The highest BCUT2D eigenvalue weighted by molar-refractivity contribution is 7.89. The van der Waals surface area contributed by atoms with Gasteiger partial charge in [0.05, 0.1) is 18.1 Å². The van der Waals surface area contributed by atoms with E-state index in [-0.39, 0.29) is 5.25 Å². The Morgan fingerprint density at radius 1 is 1.45 bits per heavy atom. The molecule has 0 bridgehead atoms. The van der Waals surface area contributed by atoms with E-state index in [1.807, 2.05) is 13.0 Å². The number of nitrogens with one attached hydrogen (secondary N) is 1. The summed E-state index contributed by atoms with van der Waals surface area (Å²) >= 11 is 0. The van der Waals surface area contributed by atoms with Gasteiger partial charge in [-0.3, -0.25) is 0 Å². The van der Waals surface area contributed by atoms with Gasteiger partial charge in [-0.05, 0) is 44.7 Å². The number of rotatable bonds is 6. The first-order valence-electron chi connectivity index (χ1n) is 8.11. The van der Waals surface area contributed by atoms with Crippen molar-refractivity contribution in [3.63, 3.8) is 0 Å². The smallest absolute Gasteiger partial charge is 0.216 e. The third-order valence-corrected chi connectivity index (χ3v) is 6.91. The second-order valence-electron chi connectivity index (χ2n) is 6.42. The Hall–Kier alpha value is -0.850. The molecule has 1 saturated heterocycles. The van der Waals surface area contributed by atoms with E-state index in [1.54, 1.807) is 24.4 Å². The van der Waals surface area contributed by atoms with Gasteiger partial charge in [0.1, 0.15) is 5.76 Å². The number of piperidine rings is 1. The number of hydrogen-bond acceptors (Lipinski definition) is 4. The summed E-state index contributed by atoms with van der Waals surface area (Å²) in [6.45, 7) is 9.59. The van der Waals surface area contributed by atoms with Crippen molar-refractivity contribution >= 4 is 10.0 Å². The minimum absolute atomic E-state index is 0.341. The van der Waals surface area contributed by atoms with E-state index in [9.17, 15) is 8.42 Å². The van der Waals surface area contributed by atoms with Crippen molar-refractivity contribution in [1.82, 2.24) is 9.62 Å². The van der Waals surface area contributed by atoms with Crippen LogP contribution in [0.5, 0.6) is 0 Å². The maximum Gasteiger partial charge on any atom is 0.216 e. The Bertz CT molecular complexity index is 580. The van der Waals surface area contributed by atoms with Gasteiger partial charge in [0.25, 0.3) is 0 Å². The Morgan fingerprint density at radius 2 is 2.18 bits per heavy atom. The molecule has 1 aliphatic rings. The van der Waals surface area contributed by atoms with Crippen LogP contribution in [0.1, 0.15) is 44.9 Å². The zero-order valence-corrected chi connectivity index (χ0v) is 14.8. The highest BCUT2D eigenvalue weighted by atomic mass is 32.2. The Labute approximate surface area is 134 Å². The minimum Gasteiger partial charge on any atom is -0.468 e. The van der Waals surface area contributed by atoms with Gasteiger partial charge in [0.2, 0.25) is 10.0 Å². The van der Waals surface area contributed by atoms with Crippen molar-refractivity contribution in [3.8, 4) is 0 Å². The van der Waals surface area contributed by atoms with Gasteiger partial charge in [-0.25, -0.2) is 12.7 Å². The molecule has 22 heavy (non-hydrogen) atoms. The molecule has 0 amide bonds. The molecule has 1 N–H and O–H groups in total. The van der Waals surface area contributed by atoms with Crippen molar-refractivity contribution in [1.29, 1.82) is 0 Å².